The highest BCUT2D eigenvalue weighted by molar-refractivity contribution is 5.83. The summed E-state index contributed by atoms with van der Waals surface area (Å²) in [4.78, 5) is 10.5. The Hall–Kier alpha value is -2.07. The molecular weight excluding hydrogens is 230 g/mol. The second-order valence-corrected chi connectivity index (χ2v) is 4.29. The number of carboxylic acid groups (broad SMARTS) is 1. The van der Waals surface area contributed by atoms with Gasteiger partial charge in [0.15, 0.2) is 0 Å². The first-order chi connectivity index (χ1) is 8.58. The van der Waals surface area contributed by atoms with E-state index in [2.05, 4.69) is 5.32 Å². The summed E-state index contributed by atoms with van der Waals surface area (Å²) in [5, 5.41) is 23.1. The largest absolute Gasteiger partial charge is 0.465 e. The maximum atomic E-state index is 10.5. The Bertz CT molecular complexity index is 568. The van der Waals surface area contributed by atoms with E-state index in [9.17, 15) is 9.90 Å². The average Bonchev–Trinajstić information content (AvgIpc) is 2.36. The third kappa shape index (κ3) is 2.60. The van der Waals surface area contributed by atoms with Crippen molar-refractivity contribution in [1.29, 1.82) is 0 Å². The molecule has 18 heavy (non-hydrogen) atoms. The van der Waals surface area contributed by atoms with Gasteiger partial charge in [0.2, 0.25) is 0 Å². The van der Waals surface area contributed by atoms with Gasteiger partial charge in [-0.1, -0.05) is 36.4 Å². The number of aliphatic hydroxyl groups is 1. The zero-order chi connectivity index (χ0) is 13.1. The Balaban J connectivity index is 2.27. The van der Waals surface area contributed by atoms with Crippen LogP contribution in [0.4, 0.5) is 4.79 Å². The molecule has 0 unspecified atom stereocenters. The molecule has 0 fully saturated rings. The first-order valence-electron chi connectivity index (χ1n) is 5.74. The number of rotatable bonds is 3. The Morgan fingerprint density at radius 2 is 1.83 bits per heavy atom. The van der Waals surface area contributed by atoms with Crippen LogP contribution in [0, 0.1) is 0 Å². The molecule has 0 bridgehead atoms. The number of aliphatic hydroxyl groups excluding tert-OH is 1. The van der Waals surface area contributed by atoms with Crippen molar-refractivity contribution < 1.29 is 15.0 Å². The lowest BCUT2D eigenvalue weighted by Gasteiger charge is -2.19. The molecule has 0 saturated carbocycles. The first-order valence-corrected chi connectivity index (χ1v) is 5.74. The molecule has 2 aromatic carbocycles. The molecule has 4 nitrogen and oxygen atoms in total. The summed E-state index contributed by atoms with van der Waals surface area (Å²) in [5.41, 5.74) is 0.704. The second-order valence-electron chi connectivity index (χ2n) is 4.29. The van der Waals surface area contributed by atoms with Gasteiger partial charge in [0.25, 0.3) is 0 Å². The Morgan fingerprint density at radius 1 is 1.17 bits per heavy atom. The number of fused-ring (bicyclic) bond motifs is 1. The molecule has 0 radical (unpaired) electrons. The number of amides is 1. The molecule has 2 rings (SSSR count). The molecule has 0 spiro atoms. The lowest BCUT2D eigenvalue weighted by atomic mass is 10.00. The highest BCUT2D eigenvalue weighted by Gasteiger charge is 2.18. The lowest BCUT2D eigenvalue weighted by Crippen LogP contribution is -2.35. The van der Waals surface area contributed by atoms with E-state index in [1.165, 1.54) is 0 Å². The molecule has 0 aliphatic rings. The predicted octanol–water partition coefficient (Wildman–Crippen LogP) is 2.53. The van der Waals surface area contributed by atoms with Crippen LogP contribution >= 0.6 is 0 Å². The van der Waals surface area contributed by atoms with Crippen LogP contribution in [0.1, 0.15) is 18.6 Å². The number of nitrogens with one attached hydrogen (secondary N) is 1. The number of carbonyl (C=O) groups is 1. The van der Waals surface area contributed by atoms with Crippen LogP contribution in [0.15, 0.2) is 42.5 Å². The molecule has 0 aliphatic carbocycles. The van der Waals surface area contributed by atoms with Crippen LogP contribution in [0.2, 0.25) is 0 Å². The standard InChI is InChI=1S/C14H15NO3/c1-9(15-14(17)18)13(16)12-7-6-10-4-2-3-5-11(10)8-12/h2-9,13,15-16H,1H3,(H,17,18)/t9-,13-/m0/s1. The van der Waals surface area contributed by atoms with Gasteiger partial charge in [-0.2, -0.15) is 0 Å². The average molecular weight is 245 g/mol. The maximum absolute atomic E-state index is 10.5. The minimum absolute atomic E-state index is 0.552. The van der Waals surface area contributed by atoms with Gasteiger partial charge in [0, 0.05) is 0 Å². The summed E-state index contributed by atoms with van der Waals surface area (Å²) in [6.07, 6.45) is -1.99. The van der Waals surface area contributed by atoms with Gasteiger partial charge in [-0.15, -0.1) is 0 Å². The SMILES string of the molecule is C[C@H](NC(=O)O)[C@H](O)c1ccc2ccccc2c1. The summed E-state index contributed by atoms with van der Waals surface area (Å²) in [6.45, 7) is 1.63. The van der Waals surface area contributed by atoms with E-state index in [-0.39, 0.29) is 0 Å². The topological polar surface area (TPSA) is 69.6 Å². The van der Waals surface area contributed by atoms with E-state index in [4.69, 9.17) is 5.11 Å². The number of benzene rings is 2. The van der Waals surface area contributed by atoms with E-state index >= 15 is 0 Å². The monoisotopic (exact) mass is 245 g/mol. The Kier molecular flexibility index (Phi) is 3.48. The van der Waals surface area contributed by atoms with Crippen molar-refractivity contribution in [2.24, 2.45) is 0 Å². The molecule has 2 aromatic rings. The molecule has 3 N–H and O–H groups in total. The quantitative estimate of drug-likeness (QED) is 0.778. The fourth-order valence-corrected chi connectivity index (χ4v) is 1.95. The third-order valence-electron chi connectivity index (χ3n) is 2.94. The van der Waals surface area contributed by atoms with E-state index in [1.807, 2.05) is 42.5 Å². The fourth-order valence-electron chi connectivity index (χ4n) is 1.95. The summed E-state index contributed by atoms with van der Waals surface area (Å²) >= 11 is 0. The smallest absolute Gasteiger partial charge is 0.404 e. The molecule has 4 heteroatoms. The molecule has 2 atom stereocenters. The van der Waals surface area contributed by atoms with Crippen molar-refractivity contribution in [3.05, 3.63) is 48.0 Å². The van der Waals surface area contributed by atoms with Gasteiger partial charge in [0.05, 0.1) is 12.1 Å². The predicted molar refractivity (Wildman–Crippen MR) is 69.5 cm³/mol. The summed E-state index contributed by atoms with van der Waals surface area (Å²) < 4.78 is 0. The van der Waals surface area contributed by atoms with Crippen LogP contribution in [0.3, 0.4) is 0 Å². The minimum atomic E-state index is -1.14. The van der Waals surface area contributed by atoms with Crippen molar-refractivity contribution in [1.82, 2.24) is 5.32 Å². The molecule has 0 aliphatic heterocycles. The van der Waals surface area contributed by atoms with Crippen molar-refractivity contribution in [3.8, 4) is 0 Å². The molecule has 0 heterocycles. The highest BCUT2D eigenvalue weighted by atomic mass is 16.4. The Morgan fingerprint density at radius 3 is 2.50 bits per heavy atom. The van der Waals surface area contributed by atoms with Gasteiger partial charge < -0.3 is 15.5 Å². The number of hydrogen-bond acceptors (Lipinski definition) is 2. The normalized spacial score (nSPS) is 14.1. The van der Waals surface area contributed by atoms with Crippen molar-refractivity contribution in [2.75, 3.05) is 0 Å². The lowest BCUT2D eigenvalue weighted by molar-refractivity contribution is 0.127. The third-order valence-corrected chi connectivity index (χ3v) is 2.94. The van der Waals surface area contributed by atoms with E-state index in [1.54, 1.807) is 6.92 Å². The van der Waals surface area contributed by atoms with Gasteiger partial charge >= 0.3 is 6.09 Å². The van der Waals surface area contributed by atoms with Crippen LogP contribution in [0.25, 0.3) is 10.8 Å². The van der Waals surface area contributed by atoms with Crippen LogP contribution in [-0.2, 0) is 0 Å². The minimum Gasteiger partial charge on any atom is -0.465 e. The van der Waals surface area contributed by atoms with Gasteiger partial charge in [0.1, 0.15) is 0 Å². The van der Waals surface area contributed by atoms with E-state index < -0.39 is 18.2 Å². The second kappa shape index (κ2) is 5.06. The van der Waals surface area contributed by atoms with Crippen LogP contribution < -0.4 is 5.32 Å². The van der Waals surface area contributed by atoms with Crippen molar-refractivity contribution in [2.45, 2.75) is 19.1 Å². The summed E-state index contributed by atoms with van der Waals surface area (Å²) in [5.74, 6) is 0. The zero-order valence-electron chi connectivity index (χ0n) is 10.00. The van der Waals surface area contributed by atoms with E-state index in [0.29, 0.717) is 5.56 Å². The van der Waals surface area contributed by atoms with Crippen LogP contribution in [0.5, 0.6) is 0 Å². The molecule has 0 aromatic heterocycles. The van der Waals surface area contributed by atoms with Crippen molar-refractivity contribution in [3.63, 3.8) is 0 Å². The highest BCUT2D eigenvalue weighted by Crippen LogP contribution is 2.22. The molecular formula is C14H15NO3. The van der Waals surface area contributed by atoms with Gasteiger partial charge in [-0.05, 0) is 29.3 Å². The van der Waals surface area contributed by atoms with Gasteiger partial charge in [-0.3, -0.25) is 0 Å². The van der Waals surface area contributed by atoms with Crippen LogP contribution in [-0.4, -0.2) is 22.3 Å². The molecule has 1 amide bonds. The summed E-state index contributed by atoms with van der Waals surface area (Å²) in [7, 11) is 0. The number of hydrogen-bond donors (Lipinski definition) is 3. The maximum Gasteiger partial charge on any atom is 0.404 e. The Labute approximate surface area is 105 Å². The van der Waals surface area contributed by atoms with E-state index in [0.717, 1.165) is 10.8 Å². The zero-order valence-corrected chi connectivity index (χ0v) is 10.00. The molecule has 94 valence electrons. The molecule has 0 saturated heterocycles. The first kappa shape index (κ1) is 12.4. The van der Waals surface area contributed by atoms with Gasteiger partial charge in [-0.25, -0.2) is 4.79 Å². The fraction of sp³-hybridized carbons (Fsp3) is 0.214. The summed E-state index contributed by atoms with van der Waals surface area (Å²) in [6, 6.07) is 12.9. The van der Waals surface area contributed by atoms with Crippen molar-refractivity contribution >= 4 is 16.9 Å².